The van der Waals surface area contributed by atoms with Crippen LogP contribution in [0, 0.1) is 0 Å². The lowest BCUT2D eigenvalue weighted by atomic mass is 10.1. The number of aromatic nitrogens is 1. The Kier molecular flexibility index (Phi) is 4.39. The monoisotopic (exact) mass is 275 g/mol. The van der Waals surface area contributed by atoms with Gasteiger partial charge in [0.05, 0.1) is 12.1 Å². The second-order valence-electron chi connectivity index (χ2n) is 5.05. The van der Waals surface area contributed by atoms with Gasteiger partial charge >= 0.3 is 6.18 Å². The maximum atomic E-state index is 12.7. The predicted molar refractivity (Wildman–Crippen MR) is 65.6 cm³/mol. The number of pyridine rings is 1. The lowest BCUT2D eigenvalue weighted by molar-refractivity contribution is -0.137. The van der Waals surface area contributed by atoms with Gasteiger partial charge in [-0.25, -0.2) is 4.98 Å². The number of nitrogens with one attached hydrogen (secondary N) is 2. The Hall–Kier alpha value is -1.79. The first-order chi connectivity index (χ1) is 8.59. The van der Waals surface area contributed by atoms with Crippen LogP contribution in [-0.4, -0.2) is 23.0 Å². The van der Waals surface area contributed by atoms with Gasteiger partial charge in [0.15, 0.2) is 0 Å². The summed E-state index contributed by atoms with van der Waals surface area (Å²) >= 11 is 0. The number of halogens is 3. The number of carbonyl (C=O) groups excluding carboxylic acids is 1. The standard InChI is InChI=1S/C12H16F3N3O/c1-11(2,3)18-9(19)7-17-10-8(12(13,14)15)5-4-6-16-10/h4-6H,7H2,1-3H3,(H,16,17)(H,18,19). The zero-order valence-corrected chi connectivity index (χ0v) is 10.9. The van der Waals surface area contributed by atoms with Crippen molar-refractivity contribution < 1.29 is 18.0 Å². The summed E-state index contributed by atoms with van der Waals surface area (Å²) in [5.74, 6) is -0.745. The van der Waals surface area contributed by atoms with Crippen molar-refractivity contribution in [3.8, 4) is 0 Å². The molecule has 0 atom stereocenters. The first-order valence-corrected chi connectivity index (χ1v) is 5.67. The molecule has 0 aromatic carbocycles. The van der Waals surface area contributed by atoms with Gasteiger partial charge in [0.1, 0.15) is 5.82 Å². The lowest BCUT2D eigenvalue weighted by Crippen LogP contribution is -2.43. The van der Waals surface area contributed by atoms with E-state index in [1.165, 1.54) is 12.3 Å². The van der Waals surface area contributed by atoms with Crippen molar-refractivity contribution in [1.29, 1.82) is 0 Å². The van der Waals surface area contributed by atoms with Crippen LogP contribution in [0.15, 0.2) is 18.3 Å². The Bertz CT molecular complexity index is 452. The molecular formula is C12H16F3N3O. The zero-order valence-electron chi connectivity index (χ0n) is 10.9. The molecule has 1 heterocycles. The average molecular weight is 275 g/mol. The molecular weight excluding hydrogens is 259 g/mol. The highest BCUT2D eigenvalue weighted by Gasteiger charge is 2.34. The fourth-order valence-corrected chi connectivity index (χ4v) is 1.40. The Morgan fingerprint density at radius 3 is 2.47 bits per heavy atom. The molecule has 19 heavy (non-hydrogen) atoms. The summed E-state index contributed by atoms with van der Waals surface area (Å²) in [5.41, 5.74) is -1.33. The normalized spacial score (nSPS) is 12.1. The molecule has 1 aromatic heterocycles. The molecule has 4 nitrogen and oxygen atoms in total. The van der Waals surface area contributed by atoms with Crippen molar-refractivity contribution in [3.63, 3.8) is 0 Å². The Morgan fingerprint density at radius 2 is 1.95 bits per heavy atom. The Morgan fingerprint density at radius 1 is 1.32 bits per heavy atom. The van der Waals surface area contributed by atoms with Crippen molar-refractivity contribution in [3.05, 3.63) is 23.9 Å². The van der Waals surface area contributed by atoms with E-state index in [4.69, 9.17) is 0 Å². The molecule has 1 aromatic rings. The first-order valence-electron chi connectivity index (χ1n) is 5.67. The van der Waals surface area contributed by atoms with Crippen LogP contribution in [0.2, 0.25) is 0 Å². The molecule has 0 saturated carbocycles. The third kappa shape index (κ3) is 5.15. The van der Waals surface area contributed by atoms with Crippen LogP contribution in [0.4, 0.5) is 19.0 Å². The van der Waals surface area contributed by atoms with Crippen molar-refractivity contribution in [2.24, 2.45) is 0 Å². The molecule has 0 aliphatic rings. The SMILES string of the molecule is CC(C)(C)NC(=O)CNc1ncccc1C(F)(F)F. The molecule has 0 unspecified atom stereocenters. The number of hydrogen-bond donors (Lipinski definition) is 2. The number of amides is 1. The number of anilines is 1. The fourth-order valence-electron chi connectivity index (χ4n) is 1.40. The van der Waals surface area contributed by atoms with Crippen molar-refractivity contribution in [2.45, 2.75) is 32.5 Å². The number of rotatable bonds is 3. The highest BCUT2D eigenvalue weighted by atomic mass is 19.4. The minimum Gasteiger partial charge on any atom is -0.361 e. The average Bonchev–Trinajstić information content (AvgIpc) is 2.23. The summed E-state index contributed by atoms with van der Waals surface area (Å²) in [6.45, 7) is 5.09. The minimum absolute atomic E-state index is 0.267. The summed E-state index contributed by atoms with van der Waals surface area (Å²) in [4.78, 5) is 15.1. The summed E-state index contributed by atoms with van der Waals surface area (Å²) in [6, 6.07) is 2.11. The second kappa shape index (κ2) is 5.46. The van der Waals surface area contributed by atoms with Crippen LogP contribution < -0.4 is 10.6 Å². The van der Waals surface area contributed by atoms with E-state index in [1.54, 1.807) is 20.8 Å². The third-order valence-electron chi connectivity index (χ3n) is 2.04. The fraction of sp³-hybridized carbons (Fsp3) is 0.500. The van der Waals surface area contributed by atoms with Crippen molar-refractivity contribution in [1.82, 2.24) is 10.3 Å². The molecule has 1 amide bonds. The van der Waals surface area contributed by atoms with Crippen LogP contribution in [-0.2, 0) is 11.0 Å². The molecule has 0 aliphatic heterocycles. The van der Waals surface area contributed by atoms with Crippen LogP contribution in [0.3, 0.4) is 0 Å². The largest absolute Gasteiger partial charge is 0.419 e. The van der Waals surface area contributed by atoms with Gasteiger partial charge < -0.3 is 10.6 Å². The van der Waals surface area contributed by atoms with Gasteiger partial charge in [-0.2, -0.15) is 13.2 Å². The van der Waals surface area contributed by atoms with Gasteiger partial charge in [0, 0.05) is 11.7 Å². The first kappa shape index (κ1) is 15.3. The highest BCUT2D eigenvalue weighted by molar-refractivity contribution is 5.81. The summed E-state index contributed by atoms with van der Waals surface area (Å²) in [5, 5.41) is 5.04. The molecule has 0 spiro atoms. The minimum atomic E-state index is -4.50. The van der Waals surface area contributed by atoms with E-state index in [9.17, 15) is 18.0 Å². The van der Waals surface area contributed by atoms with Crippen LogP contribution in [0.5, 0.6) is 0 Å². The molecule has 2 N–H and O–H groups in total. The summed E-state index contributed by atoms with van der Waals surface area (Å²) in [7, 11) is 0. The van der Waals surface area contributed by atoms with Gasteiger partial charge in [-0.1, -0.05) is 0 Å². The quantitative estimate of drug-likeness (QED) is 0.890. The molecule has 0 saturated heterocycles. The number of alkyl halides is 3. The molecule has 106 valence electrons. The van der Waals surface area contributed by atoms with Gasteiger partial charge in [0.25, 0.3) is 0 Å². The van der Waals surface area contributed by atoms with E-state index in [1.807, 2.05) is 0 Å². The maximum absolute atomic E-state index is 12.7. The van der Waals surface area contributed by atoms with Gasteiger partial charge in [-0.3, -0.25) is 4.79 Å². The van der Waals surface area contributed by atoms with Gasteiger partial charge in [-0.05, 0) is 32.9 Å². The van der Waals surface area contributed by atoms with Crippen LogP contribution >= 0.6 is 0 Å². The number of nitrogens with zero attached hydrogens (tertiary/aromatic N) is 1. The van der Waals surface area contributed by atoms with Crippen molar-refractivity contribution >= 4 is 11.7 Å². The third-order valence-corrected chi connectivity index (χ3v) is 2.04. The smallest absolute Gasteiger partial charge is 0.361 e. The second-order valence-corrected chi connectivity index (χ2v) is 5.05. The summed E-state index contributed by atoms with van der Waals surface area (Å²) < 4.78 is 38.0. The molecule has 7 heteroatoms. The molecule has 1 rings (SSSR count). The molecule has 0 bridgehead atoms. The van der Waals surface area contributed by atoms with E-state index in [0.717, 1.165) is 6.07 Å². The summed E-state index contributed by atoms with van der Waals surface area (Å²) in [6.07, 6.45) is -3.27. The van der Waals surface area contributed by atoms with Crippen LogP contribution in [0.1, 0.15) is 26.3 Å². The Labute approximate surface area is 109 Å². The van der Waals surface area contributed by atoms with Crippen LogP contribution in [0.25, 0.3) is 0 Å². The van der Waals surface area contributed by atoms with Crippen molar-refractivity contribution in [2.75, 3.05) is 11.9 Å². The topological polar surface area (TPSA) is 54.0 Å². The van der Waals surface area contributed by atoms with E-state index >= 15 is 0 Å². The maximum Gasteiger partial charge on any atom is 0.419 e. The van der Waals surface area contributed by atoms with Gasteiger partial charge in [0.2, 0.25) is 5.91 Å². The number of hydrogen-bond acceptors (Lipinski definition) is 3. The zero-order chi connectivity index (χ0) is 14.7. The molecule has 0 fully saturated rings. The van der Waals surface area contributed by atoms with E-state index in [-0.39, 0.29) is 12.4 Å². The molecule has 0 aliphatic carbocycles. The number of carbonyl (C=O) groups is 1. The van der Waals surface area contributed by atoms with Gasteiger partial charge in [-0.15, -0.1) is 0 Å². The van der Waals surface area contributed by atoms with E-state index in [0.29, 0.717) is 0 Å². The predicted octanol–water partition coefficient (Wildman–Crippen LogP) is 2.43. The Balaban J connectivity index is 2.71. The van der Waals surface area contributed by atoms with E-state index < -0.39 is 23.2 Å². The van der Waals surface area contributed by atoms with E-state index in [2.05, 4.69) is 15.6 Å². The molecule has 0 radical (unpaired) electrons. The lowest BCUT2D eigenvalue weighted by Gasteiger charge is -2.21. The highest BCUT2D eigenvalue weighted by Crippen LogP contribution is 2.33.